The average molecular weight is 254 g/mol. The highest BCUT2D eigenvalue weighted by Gasteiger charge is 2.19. The van der Waals surface area contributed by atoms with E-state index in [2.05, 4.69) is 42.1 Å². The summed E-state index contributed by atoms with van der Waals surface area (Å²) in [7, 11) is 0. The molecule has 1 rings (SSSR count). The third-order valence-electron chi connectivity index (χ3n) is 1.50. The Morgan fingerprint density at radius 2 is 2.00 bits per heavy atom. The first-order valence-electron chi connectivity index (χ1n) is 3.36. The van der Waals surface area contributed by atoms with Crippen molar-refractivity contribution in [2.45, 2.75) is 26.2 Å². The maximum atomic E-state index is 5.91. The summed E-state index contributed by atoms with van der Waals surface area (Å²) in [4.78, 5) is 0. The summed E-state index contributed by atoms with van der Waals surface area (Å²) >= 11 is 10.9. The maximum Gasteiger partial charge on any atom is 0.107 e. The number of halogens is 2. The molecule has 0 aliphatic rings. The third-order valence-corrected chi connectivity index (χ3v) is 4.03. The lowest BCUT2D eigenvalue weighted by atomic mass is 9.89. The van der Waals surface area contributed by atoms with Gasteiger partial charge in [0.1, 0.15) is 4.34 Å². The molecule has 0 aromatic carbocycles. The van der Waals surface area contributed by atoms with E-state index in [9.17, 15) is 0 Å². The van der Waals surface area contributed by atoms with Crippen LogP contribution in [0.2, 0.25) is 4.34 Å². The molecule has 0 saturated heterocycles. The second-order valence-corrected chi connectivity index (χ2v) is 5.76. The van der Waals surface area contributed by atoms with Gasteiger partial charge in [0, 0.05) is 0 Å². The molecule has 0 fully saturated rings. The molecular formula is C8H10BrClS. The average Bonchev–Trinajstić information content (AvgIpc) is 2.11. The molecule has 0 nitrogen and oxygen atoms in total. The SMILES string of the molecule is CC(C)(C)c1csc(Cl)c1Br. The summed E-state index contributed by atoms with van der Waals surface area (Å²) in [6.07, 6.45) is 0. The van der Waals surface area contributed by atoms with E-state index in [1.54, 1.807) is 11.3 Å². The molecule has 1 aromatic heterocycles. The van der Waals surface area contributed by atoms with Gasteiger partial charge in [0.05, 0.1) is 4.47 Å². The van der Waals surface area contributed by atoms with Crippen LogP contribution in [0, 0.1) is 0 Å². The Hall–Kier alpha value is 0.470. The highest BCUT2D eigenvalue weighted by atomic mass is 79.9. The van der Waals surface area contributed by atoms with Gasteiger partial charge in [0.2, 0.25) is 0 Å². The molecular weight excluding hydrogens is 244 g/mol. The van der Waals surface area contributed by atoms with E-state index in [0.717, 1.165) is 8.81 Å². The van der Waals surface area contributed by atoms with E-state index in [0.29, 0.717) is 0 Å². The highest BCUT2D eigenvalue weighted by Crippen LogP contribution is 2.39. The van der Waals surface area contributed by atoms with Gasteiger partial charge in [-0.3, -0.25) is 0 Å². The second-order valence-electron chi connectivity index (χ2n) is 3.49. The van der Waals surface area contributed by atoms with Crippen LogP contribution < -0.4 is 0 Å². The molecule has 0 saturated carbocycles. The van der Waals surface area contributed by atoms with E-state index in [-0.39, 0.29) is 5.41 Å². The molecule has 0 spiro atoms. The summed E-state index contributed by atoms with van der Waals surface area (Å²) in [5.74, 6) is 0. The predicted octanol–water partition coefficient (Wildman–Crippen LogP) is 4.46. The van der Waals surface area contributed by atoms with Crippen LogP contribution in [-0.4, -0.2) is 0 Å². The van der Waals surface area contributed by atoms with Crippen molar-refractivity contribution in [1.82, 2.24) is 0 Å². The predicted molar refractivity (Wildman–Crippen MR) is 55.7 cm³/mol. The first-order chi connectivity index (χ1) is 4.93. The van der Waals surface area contributed by atoms with Crippen molar-refractivity contribution in [3.05, 3.63) is 19.8 Å². The molecule has 0 aliphatic carbocycles. The minimum Gasteiger partial charge on any atom is -0.130 e. The van der Waals surface area contributed by atoms with Crippen molar-refractivity contribution in [3.8, 4) is 0 Å². The monoisotopic (exact) mass is 252 g/mol. The van der Waals surface area contributed by atoms with Gasteiger partial charge in [-0.15, -0.1) is 11.3 Å². The maximum absolute atomic E-state index is 5.91. The molecule has 1 aromatic rings. The van der Waals surface area contributed by atoms with Crippen molar-refractivity contribution in [3.63, 3.8) is 0 Å². The molecule has 0 atom stereocenters. The standard InChI is InChI=1S/C8H10BrClS/c1-8(2,3)5-4-11-7(10)6(5)9/h4H,1-3H3. The molecule has 0 radical (unpaired) electrons. The molecule has 0 bridgehead atoms. The van der Waals surface area contributed by atoms with Gasteiger partial charge >= 0.3 is 0 Å². The smallest absolute Gasteiger partial charge is 0.107 e. The number of thiophene rings is 1. The van der Waals surface area contributed by atoms with Gasteiger partial charge in [0.15, 0.2) is 0 Å². The molecule has 0 aliphatic heterocycles. The van der Waals surface area contributed by atoms with Gasteiger partial charge in [-0.25, -0.2) is 0 Å². The lowest BCUT2D eigenvalue weighted by Gasteiger charge is -2.17. The molecule has 0 amide bonds. The fraction of sp³-hybridized carbons (Fsp3) is 0.500. The Labute approximate surface area is 84.7 Å². The number of hydrogen-bond donors (Lipinski definition) is 0. The summed E-state index contributed by atoms with van der Waals surface area (Å²) in [6, 6.07) is 0. The molecule has 1 heterocycles. The number of hydrogen-bond acceptors (Lipinski definition) is 1. The van der Waals surface area contributed by atoms with Gasteiger partial charge in [-0.2, -0.15) is 0 Å². The van der Waals surface area contributed by atoms with Crippen molar-refractivity contribution < 1.29 is 0 Å². The second kappa shape index (κ2) is 3.08. The van der Waals surface area contributed by atoms with E-state index in [4.69, 9.17) is 11.6 Å². The van der Waals surface area contributed by atoms with Gasteiger partial charge < -0.3 is 0 Å². The molecule has 0 N–H and O–H groups in total. The Morgan fingerprint density at radius 1 is 1.45 bits per heavy atom. The minimum atomic E-state index is 0.183. The van der Waals surface area contributed by atoms with Crippen molar-refractivity contribution >= 4 is 38.9 Å². The normalized spacial score (nSPS) is 12.1. The topological polar surface area (TPSA) is 0 Å². The Bertz CT molecular complexity index is 260. The number of rotatable bonds is 0. The Morgan fingerprint density at radius 3 is 2.18 bits per heavy atom. The zero-order valence-corrected chi connectivity index (χ0v) is 9.90. The summed E-state index contributed by atoms with van der Waals surface area (Å²) in [5, 5.41) is 2.10. The van der Waals surface area contributed by atoms with Crippen molar-refractivity contribution in [2.24, 2.45) is 0 Å². The summed E-state index contributed by atoms with van der Waals surface area (Å²) in [6.45, 7) is 6.53. The van der Waals surface area contributed by atoms with Crippen LogP contribution in [-0.2, 0) is 5.41 Å². The zero-order chi connectivity index (χ0) is 8.65. The minimum absolute atomic E-state index is 0.183. The van der Waals surface area contributed by atoms with Crippen LogP contribution in [0.1, 0.15) is 26.3 Å². The summed E-state index contributed by atoms with van der Waals surface area (Å²) < 4.78 is 1.89. The van der Waals surface area contributed by atoms with Crippen LogP contribution in [0.15, 0.2) is 9.85 Å². The van der Waals surface area contributed by atoms with E-state index in [1.165, 1.54) is 5.56 Å². The molecule has 11 heavy (non-hydrogen) atoms. The van der Waals surface area contributed by atoms with Crippen LogP contribution in [0.3, 0.4) is 0 Å². The molecule has 3 heteroatoms. The largest absolute Gasteiger partial charge is 0.130 e. The lowest BCUT2D eigenvalue weighted by Crippen LogP contribution is -2.09. The van der Waals surface area contributed by atoms with Crippen LogP contribution in [0.25, 0.3) is 0 Å². The van der Waals surface area contributed by atoms with Gasteiger partial charge in [-0.05, 0) is 32.3 Å². The fourth-order valence-electron chi connectivity index (χ4n) is 0.826. The first-order valence-corrected chi connectivity index (χ1v) is 5.41. The Balaban J connectivity index is 3.15. The van der Waals surface area contributed by atoms with E-state index in [1.807, 2.05) is 0 Å². The summed E-state index contributed by atoms with van der Waals surface area (Å²) in [5.41, 5.74) is 1.47. The van der Waals surface area contributed by atoms with Gasteiger partial charge in [-0.1, -0.05) is 32.4 Å². The van der Waals surface area contributed by atoms with Crippen LogP contribution in [0.4, 0.5) is 0 Å². The third kappa shape index (κ3) is 1.98. The van der Waals surface area contributed by atoms with Crippen molar-refractivity contribution in [2.75, 3.05) is 0 Å². The van der Waals surface area contributed by atoms with Gasteiger partial charge in [0.25, 0.3) is 0 Å². The highest BCUT2D eigenvalue weighted by molar-refractivity contribution is 9.10. The van der Waals surface area contributed by atoms with Crippen LogP contribution in [0.5, 0.6) is 0 Å². The molecule has 0 unspecified atom stereocenters. The lowest BCUT2D eigenvalue weighted by molar-refractivity contribution is 0.590. The molecule has 62 valence electrons. The van der Waals surface area contributed by atoms with E-state index < -0.39 is 0 Å². The quantitative estimate of drug-likeness (QED) is 0.640. The van der Waals surface area contributed by atoms with Crippen LogP contribution >= 0.6 is 38.9 Å². The Kier molecular flexibility index (Phi) is 2.67. The van der Waals surface area contributed by atoms with E-state index >= 15 is 0 Å². The van der Waals surface area contributed by atoms with Crippen molar-refractivity contribution in [1.29, 1.82) is 0 Å². The first kappa shape index (κ1) is 9.56. The zero-order valence-electron chi connectivity index (χ0n) is 6.74. The fourth-order valence-corrected chi connectivity index (χ4v) is 3.11.